The maximum absolute atomic E-state index is 5.04. The molecule has 0 fully saturated rings. The molecule has 1 heterocycles. The van der Waals surface area contributed by atoms with E-state index in [1.54, 1.807) is 7.11 Å². The molecule has 1 N–H and O–H groups in total. The molecule has 0 aliphatic rings. The van der Waals surface area contributed by atoms with Gasteiger partial charge in [-0.3, -0.25) is 4.68 Å². The van der Waals surface area contributed by atoms with E-state index >= 15 is 0 Å². The molecule has 0 aliphatic heterocycles. The first kappa shape index (κ1) is 16.1. The Bertz CT molecular complexity index is 349. The topological polar surface area (TPSA) is 42.3 Å². The summed E-state index contributed by atoms with van der Waals surface area (Å²) in [6, 6.07) is 0. The van der Waals surface area contributed by atoms with Crippen LogP contribution < -0.4 is 5.32 Å². The fourth-order valence-electron chi connectivity index (χ4n) is 2.01. The Kier molecular flexibility index (Phi) is 7.70. The van der Waals surface area contributed by atoms with Gasteiger partial charge in [-0.05, 0) is 20.5 Å². The molecule has 0 aromatic carbocycles. The molecule has 1 rings (SSSR count). The van der Waals surface area contributed by atoms with E-state index in [4.69, 9.17) is 4.74 Å². The van der Waals surface area contributed by atoms with Gasteiger partial charge in [0, 0.05) is 38.0 Å². The molecule has 0 unspecified atom stereocenters. The highest BCUT2D eigenvalue weighted by atomic mass is 16.5. The zero-order valence-electron chi connectivity index (χ0n) is 12.8. The first-order valence-corrected chi connectivity index (χ1v) is 7.07. The average molecular weight is 268 g/mol. The van der Waals surface area contributed by atoms with E-state index in [1.807, 2.05) is 6.20 Å². The van der Waals surface area contributed by atoms with Crippen LogP contribution in [0.5, 0.6) is 0 Å². The highest BCUT2D eigenvalue weighted by molar-refractivity contribution is 5.18. The Morgan fingerprint density at radius 2 is 2.21 bits per heavy atom. The van der Waals surface area contributed by atoms with Crippen molar-refractivity contribution in [2.45, 2.75) is 32.9 Å². The van der Waals surface area contributed by atoms with Crippen molar-refractivity contribution >= 4 is 0 Å². The Balaban J connectivity index is 2.58. The lowest BCUT2D eigenvalue weighted by atomic mass is 10.1. The predicted molar refractivity (Wildman–Crippen MR) is 78.4 cm³/mol. The van der Waals surface area contributed by atoms with Crippen molar-refractivity contribution in [1.29, 1.82) is 0 Å². The average Bonchev–Trinajstić information content (AvgIpc) is 2.75. The Labute approximate surface area is 116 Å². The van der Waals surface area contributed by atoms with Gasteiger partial charge in [-0.2, -0.15) is 5.10 Å². The Hall–Kier alpha value is -0.910. The maximum atomic E-state index is 5.04. The van der Waals surface area contributed by atoms with Crippen molar-refractivity contribution in [3.63, 3.8) is 0 Å². The predicted octanol–water partition coefficient (Wildman–Crippen LogP) is 1.13. The monoisotopic (exact) mass is 268 g/mol. The van der Waals surface area contributed by atoms with Crippen LogP contribution in [0.4, 0.5) is 0 Å². The van der Waals surface area contributed by atoms with Gasteiger partial charge in [0.1, 0.15) is 0 Å². The molecule has 1 aromatic rings. The molecular weight excluding hydrogens is 240 g/mol. The number of likely N-dealkylation sites (N-methyl/N-ethyl adjacent to an activating group) is 1. The van der Waals surface area contributed by atoms with Crippen LogP contribution in [0.3, 0.4) is 0 Å². The second-order valence-electron chi connectivity index (χ2n) is 5.06. The quantitative estimate of drug-likeness (QED) is 0.646. The molecule has 0 amide bonds. The molecule has 110 valence electrons. The summed E-state index contributed by atoms with van der Waals surface area (Å²) in [5.74, 6) is 0. The van der Waals surface area contributed by atoms with Gasteiger partial charge >= 0.3 is 0 Å². The van der Waals surface area contributed by atoms with Gasteiger partial charge < -0.3 is 15.0 Å². The highest BCUT2D eigenvalue weighted by Gasteiger charge is 2.09. The minimum Gasteiger partial charge on any atom is -0.383 e. The lowest BCUT2D eigenvalue weighted by molar-refractivity contribution is 0.199. The summed E-state index contributed by atoms with van der Waals surface area (Å²) < 4.78 is 7.19. The van der Waals surface area contributed by atoms with Crippen LogP contribution in [0.1, 0.15) is 24.6 Å². The Morgan fingerprint density at radius 3 is 2.84 bits per heavy atom. The molecule has 5 heteroatoms. The molecular formula is C14H28N4O. The lowest BCUT2D eigenvalue weighted by Gasteiger charge is -2.13. The lowest BCUT2D eigenvalue weighted by Crippen LogP contribution is -2.21. The van der Waals surface area contributed by atoms with Gasteiger partial charge in [0.2, 0.25) is 0 Å². The van der Waals surface area contributed by atoms with Crippen LogP contribution in [-0.4, -0.2) is 55.6 Å². The molecule has 0 aliphatic carbocycles. The molecule has 0 bridgehead atoms. The number of nitrogens with one attached hydrogen (secondary N) is 1. The van der Waals surface area contributed by atoms with Crippen molar-refractivity contribution < 1.29 is 4.74 Å². The van der Waals surface area contributed by atoms with Crippen molar-refractivity contribution in [1.82, 2.24) is 20.0 Å². The molecule has 19 heavy (non-hydrogen) atoms. The fraction of sp³-hybridized carbons (Fsp3) is 0.786. The first-order valence-electron chi connectivity index (χ1n) is 7.07. The number of hydrogen-bond acceptors (Lipinski definition) is 4. The minimum atomic E-state index is 0.748. The van der Waals surface area contributed by atoms with E-state index in [1.165, 1.54) is 11.3 Å². The normalized spacial score (nSPS) is 11.4. The second-order valence-corrected chi connectivity index (χ2v) is 5.06. The summed E-state index contributed by atoms with van der Waals surface area (Å²) in [5.41, 5.74) is 2.69. The minimum absolute atomic E-state index is 0.748. The summed E-state index contributed by atoms with van der Waals surface area (Å²) in [4.78, 5) is 2.19. The van der Waals surface area contributed by atoms with Crippen molar-refractivity contribution in [2.75, 3.05) is 40.9 Å². The standard InChI is InChI=1S/C14H28N4O/c1-5-6-14-13(11-15-7-10-19-4)12-16-18(14)9-8-17(2)3/h12,15H,5-11H2,1-4H3. The number of hydrogen-bond donors (Lipinski definition) is 1. The SMILES string of the molecule is CCCc1c(CNCCOC)cnn1CCN(C)C. The molecule has 0 atom stereocenters. The van der Waals surface area contributed by atoms with Crippen LogP contribution in [0, 0.1) is 0 Å². The maximum Gasteiger partial charge on any atom is 0.0587 e. The number of ether oxygens (including phenoxy) is 1. The summed E-state index contributed by atoms with van der Waals surface area (Å²) in [5, 5.41) is 7.92. The van der Waals surface area contributed by atoms with Crippen LogP contribution >= 0.6 is 0 Å². The number of methoxy groups -OCH3 is 1. The summed E-state index contributed by atoms with van der Waals surface area (Å²) in [7, 11) is 5.91. The zero-order valence-corrected chi connectivity index (χ0v) is 12.8. The molecule has 0 spiro atoms. The number of rotatable bonds is 10. The second kappa shape index (κ2) is 9.07. The van der Waals surface area contributed by atoms with E-state index in [-0.39, 0.29) is 0 Å². The highest BCUT2D eigenvalue weighted by Crippen LogP contribution is 2.11. The molecule has 0 radical (unpaired) electrons. The number of aromatic nitrogens is 2. The van der Waals surface area contributed by atoms with Crippen LogP contribution in [-0.2, 0) is 24.2 Å². The van der Waals surface area contributed by atoms with E-state index in [2.05, 4.69) is 41.0 Å². The van der Waals surface area contributed by atoms with Gasteiger partial charge in [-0.15, -0.1) is 0 Å². The summed E-state index contributed by atoms with van der Waals surface area (Å²) in [6.07, 6.45) is 4.24. The van der Waals surface area contributed by atoms with Crippen molar-refractivity contribution in [3.8, 4) is 0 Å². The van der Waals surface area contributed by atoms with Gasteiger partial charge in [-0.25, -0.2) is 0 Å². The van der Waals surface area contributed by atoms with E-state index in [0.29, 0.717) is 0 Å². The van der Waals surface area contributed by atoms with Gasteiger partial charge in [-0.1, -0.05) is 13.3 Å². The summed E-state index contributed by atoms with van der Waals surface area (Å²) in [6.45, 7) is 6.70. The molecule has 0 saturated heterocycles. The zero-order chi connectivity index (χ0) is 14.1. The van der Waals surface area contributed by atoms with Crippen LogP contribution in [0.2, 0.25) is 0 Å². The smallest absolute Gasteiger partial charge is 0.0587 e. The third-order valence-corrected chi connectivity index (χ3v) is 3.08. The number of nitrogens with zero attached hydrogens (tertiary/aromatic N) is 3. The molecule has 1 aromatic heterocycles. The third kappa shape index (κ3) is 5.72. The van der Waals surface area contributed by atoms with E-state index in [0.717, 1.165) is 45.6 Å². The van der Waals surface area contributed by atoms with Crippen LogP contribution in [0.25, 0.3) is 0 Å². The van der Waals surface area contributed by atoms with Gasteiger partial charge in [0.25, 0.3) is 0 Å². The van der Waals surface area contributed by atoms with Crippen molar-refractivity contribution in [2.24, 2.45) is 0 Å². The van der Waals surface area contributed by atoms with Crippen molar-refractivity contribution in [3.05, 3.63) is 17.5 Å². The summed E-state index contributed by atoms with van der Waals surface area (Å²) >= 11 is 0. The first-order chi connectivity index (χ1) is 9.19. The van der Waals surface area contributed by atoms with Gasteiger partial charge in [0.05, 0.1) is 19.3 Å². The van der Waals surface area contributed by atoms with Gasteiger partial charge in [0.15, 0.2) is 0 Å². The molecule has 0 saturated carbocycles. The largest absolute Gasteiger partial charge is 0.383 e. The fourth-order valence-corrected chi connectivity index (χ4v) is 2.01. The van der Waals surface area contributed by atoms with Crippen LogP contribution in [0.15, 0.2) is 6.20 Å². The third-order valence-electron chi connectivity index (χ3n) is 3.08. The Morgan fingerprint density at radius 1 is 1.42 bits per heavy atom. The van der Waals surface area contributed by atoms with E-state index in [9.17, 15) is 0 Å². The molecule has 5 nitrogen and oxygen atoms in total. The van der Waals surface area contributed by atoms with E-state index < -0.39 is 0 Å².